The first-order chi connectivity index (χ1) is 14.4. The fourth-order valence-corrected chi connectivity index (χ4v) is 4.45. The van der Waals surface area contributed by atoms with Gasteiger partial charge >= 0.3 is 0 Å². The molecule has 1 aliphatic carbocycles. The zero-order valence-electron chi connectivity index (χ0n) is 20.4. The molecule has 31 heavy (non-hydrogen) atoms. The van der Waals surface area contributed by atoms with Gasteiger partial charge in [0.1, 0.15) is 5.54 Å². The monoisotopic (exact) mass is 427 g/mol. The fraction of sp³-hybridized carbons (Fsp3) is 0.692. The van der Waals surface area contributed by atoms with Crippen LogP contribution in [0.15, 0.2) is 18.7 Å². The minimum atomic E-state index is -0.570. The van der Waals surface area contributed by atoms with Crippen LogP contribution in [-0.4, -0.2) is 47.6 Å². The molecule has 0 unspecified atom stereocenters. The molecule has 1 N–H and O–H groups in total. The minimum absolute atomic E-state index is 0.0670. The lowest BCUT2D eigenvalue weighted by Gasteiger charge is -2.42. The Labute approximate surface area is 188 Å². The molecule has 2 heterocycles. The molecule has 0 spiro atoms. The Morgan fingerprint density at radius 2 is 1.52 bits per heavy atom. The molecule has 1 saturated carbocycles. The number of hydrogen-bond acceptors (Lipinski definition) is 4. The number of nitrogens with one attached hydrogen (secondary N) is 1. The van der Waals surface area contributed by atoms with Gasteiger partial charge in [-0.25, -0.2) is 0 Å². The number of ether oxygens (including phenoxy) is 1. The van der Waals surface area contributed by atoms with Gasteiger partial charge in [-0.1, -0.05) is 67.4 Å². The molecular weight excluding hydrogens is 386 g/mol. The first-order valence-electron chi connectivity index (χ1n) is 11.8. The van der Waals surface area contributed by atoms with Gasteiger partial charge < -0.3 is 15.0 Å². The second kappa shape index (κ2) is 8.93. The fourth-order valence-electron chi connectivity index (χ4n) is 4.45. The van der Waals surface area contributed by atoms with Crippen LogP contribution in [0.1, 0.15) is 90.6 Å². The third-order valence-corrected chi connectivity index (χ3v) is 6.52. The molecule has 1 amide bonds. The van der Waals surface area contributed by atoms with E-state index in [1.54, 1.807) is 0 Å². The van der Waals surface area contributed by atoms with Crippen molar-refractivity contribution in [1.29, 1.82) is 0 Å². The predicted octanol–water partition coefficient (Wildman–Crippen LogP) is 4.80. The predicted molar refractivity (Wildman–Crippen MR) is 127 cm³/mol. The first kappa shape index (κ1) is 23.8. The van der Waals surface area contributed by atoms with Crippen molar-refractivity contribution in [3.05, 3.63) is 35.7 Å². The van der Waals surface area contributed by atoms with Crippen molar-refractivity contribution in [2.45, 2.75) is 90.0 Å². The summed E-state index contributed by atoms with van der Waals surface area (Å²) in [5.74, 6) is 0.206. The average molecular weight is 428 g/mol. The van der Waals surface area contributed by atoms with Crippen molar-refractivity contribution in [3.63, 3.8) is 0 Å². The Bertz CT molecular complexity index is 773. The van der Waals surface area contributed by atoms with Gasteiger partial charge in [-0.05, 0) is 25.0 Å². The van der Waals surface area contributed by atoms with Crippen LogP contribution in [0.3, 0.4) is 0 Å². The van der Waals surface area contributed by atoms with E-state index in [0.29, 0.717) is 26.3 Å². The molecule has 2 fully saturated rings. The minimum Gasteiger partial charge on any atom is -0.378 e. The number of rotatable bonds is 4. The molecule has 0 atom stereocenters. The first-order valence-corrected chi connectivity index (χ1v) is 11.8. The molecule has 172 valence electrons. The lowest BCUT2D eigenvalue weighted by molar-refractivity contribution is -0.143. The van der Waals surface area contributed by atoms with Gasteiger partial charge in [0, 0.05) is 46.6 Å². The molecule has 5 heteroatoms. The molecule has 0 bridgehead atoms. The summed E-state index contributed by atoms with van der Waals surface area (Å²) in [4.78, 5) is 20.6. The van der Waals surface area contributed by atoms with E-state index in [9.17, 15) is 4.79 Å². The molecule has 3 rings (SSSR count). The second-order valence-electron chi connectivity index (χ2n) is 11.3. The van der Waals surface area contributed by atoms with Crippen LogP contribution in [-0.2, 0) is 20.4 Å². The van der Waals surface area contributed by atoms with E-state index in [-0.39, 0.29) is 16.7 Å². The summed E-state index contributed by atoms with van der Waals surface area (Å²) >= 11 is 0. The van der Waals surface area contributed by atoms with Gasteiger partial charge in [-0.2, -0.15) is 0 Å². The number of hydrogen-bond donors (Lipinski definition) is 1. The van der Waals surface area contributed by atoms with E-state index < -0.39 is 5.54 Å². The van der Waals surface area contributed by atoms with E-state index in [0.717, 1.165) is 48.3 Å². The topological polar surface area (TPSA) is 54.5 Å². The Morgan fingerprint density at radius 1 is 1.00 bits per heavy atom. The normalized spacial score (nSPS) is 19.7. The maximum Gasteiger partial charge on any atom is 0.248 e. The summed E-state index contributed by atoms with van der Waals surface area (Å²) in [6.07, 6.45) is 5.02. The number of carbonyl (C=O) groups excluding carboxylic acids is 1. The van der Waals surface area contributed by atoms with Gasteiger partial charge in [0.2, 0.25) is 5.91 Å². The van der Waals surface area contributed by atoms with E-state index in [2.05, 4.69) is 65.6 Å². The maximum absolute atomic E-state index is 13.6. The van der Waals surface area contributed by atoms with Crippen LogP contribution in [0, 0.1) is 0 Å². The molecule has 1 saturated heterocycles. The van der Waals surface area contributed by atoms with Gasteiger partial charge in [-0.15, -0.1) is 0 Å². The molecule has 5 nitrogen and oxygen atoms in total. The molecule has 2 aliphatic rings. The van der Waals surface area contributed by atoms with Gasteiger partial charge in [0.15, 0.2) is 0 Å². The number of morpholine rings is 1. The summed E-state index contributed by atoms with van der Waals surface area (Å²) in [6.45, 7) is 20.1. The second-order valence-corrected chi connectivity index (χ2v) is 11.3. The molecule has 0 radical (unpaired) electrons. The van der Waals surface area contributed by atoms with E-state index in [1.165, 1.54) is 6.42 Å². The van der Waals surface area contributed by atoms with Crippen LogP contribution in [0.2, 0.25) is 0 Å². The summed E-state index contributed by atoms with van der Waals surface area (Å²) in [5.41, 5.74) is 3.25. The zero-order chi connectivity index (χ0) is 22.9. The van der Waals surface area contributed by atoms with Crippen LogP contribution in [0.5, 0.6) is 0 Å². The highest BCUT2D eigenvalue weighted by molar-refractivity contribution is 5.88. The summed E-state index contributed by atoms with van der Waals surface area (Å²) in [7, 11) is 0. The summed E-state index contributed by atoms with van der Waals surface area (Å²) < 4.78 is 5.47. The van der Waals surface area contributed by atoms with Crippen molar-refractivity contribution in [2.24, 2.45) is 0 Å². The van der Waals surface area contributed by atoms with Crippen molar-refractivity contribution >= 4 is 11.6 Å². The number of amides is 1. The quantitative estimate of drug-likeness (QED) is 0.750. The smallest absolute Gasteiger partial charge is 0.248 e. The lowest BCUT2D eigenvalue weighted by atomic mass is 9.79. The van der Waals surface area contributed by atoms with Crippen molar-refractivity contribution in [1.82, 2.24) is 15.2 Å². The van der Waals surface area contributed by atoms with Crippen LogP contribution < -0.4 is 5.32 Å². The average Bonchev–Trinajstić information content (AvgIpc) is 2.73. The van der Waals surface area contributed by atoms with Crippen LogP contribution in [0.4, 0.5) is 0 Å². The molecular formula is C26H41N3O2. The van der Waals surface area contributed by atoms with Crippen molar-refractivity contribution in [3.8, 4) is 0 Å². The standard InChI is InChI=1S/C26H41N3O2/c1-19(20-17-21(24(2,3)4)27-22(18-20)25(5,6)7)28-26(11-9-8-10-12-26)23(30)29-13-15-31-16-14-29/h17-18,28H,1,8-16H2,2-7H3. The molecule has 0 aromatic carbocycles. The summed E-state index contributed by atoms with van der Waals surface area (Å²) in [5, 5.41) is 3.65. The zero-order valence-corrected chi connectivity index (χ0v) is 20.4. The Hall–Kier alpha value is -1.88. The number of pyridine rings is 1. The van der Waals surface area contributed by atoms with Crippen LogP contribution >= 0.6 is 0 Å². The van der Waals surface area contributed by atoms with Crippen LogP contribution in [0.25, 0.3) is 5.70 Å². The highest BCUT2D eigenvalue weighted by atomic mass is 16.5. The van der Waals surface area contributed by atoms with E-state index in [4.69, 9.17) is 9.72 Å². The largest absolute Gasteiger partial charge is 0.378 e. The van der Waals surface area contributed by atoms with Crippen molar-refractivity contribution < 1.29 is 9.53 Å². The van der Waals surface area contributed by atoms with Crippen molar-refractivity contribution in [2.75, 3.05) is 26.3 Å². The number of nitrogens with zero attached hydrogens (tertiary/aromatic N) is 2. The number of aromatic nitrogens is 1. The highest BCUT2D eigenvalue weighted by Crippen LogP contribution is 2.34. The van der Waals surface area contributed by atoms with Gasteiger partial charge in [0.05, 0.1) is 13.2 Å². The third kappa shape index (κ3) is 5.49. The Balaban J connectivity index is 1.94. The lowest BCUT2D eigenvalue weighted by Crippen LogP contribution is -2.60. The van der Waals surface area contributed by atoms with Gasteiger partial charge in [-0.3, -0.25) is 9.78 Å². The number of carbonyl (C=O) groups is 1. The van der Waals surface area contributed by atoms with Gasteiger partial charge in [0.25, 0.3) is 0 Å². The Morgan fingerprint density at radius 3 is 2.00 bits per heavy atom. The summed E-state index contributed by atoms with van der Waals surface area (Å²) in [6, 6.07) is 4.28. The Kier molecular flexibility index (Phi) is 6.85. The maximum atomic E-state index is 13.6. The molecule has 1 aromatic rings. The molecule has 1 aliphatic heterocycles. The molecule has 1 aromatic heterocycles. The van der Waals surface area contributed by atoms with E-state index in [1.807, 2.05) is 4.90 Å². The SMILES string of the molecule is C=C(NC1(C(=O)N2CCOCC2)CCCCC1)c1cc(C(C)(C)C)nc(C(C)(C)C)c1. The highest BCUT2D eigenvalue weighted by Gasteiger charge is 2.42. The van der Waals surface area contributed by atoms with E-state index >= 15 is 0 Å². The third-order valence-electron chi connectivity index (χ3n) is 6.52.